The Labute approximate surface area is 115 Å². The van der Waals surface area contributed by atoms with Crippen molar-refractivity contribution in [1.82, 2.24) is 14.9 Å². The van der Waals surface area contributed by atoms with Gasteiger partial charge in [-0.15, -0.1) is 0 Å². The van der Waals surface area contributed by atoms with Crippen molar-refractivity contribution in [2.24, 2.45) is 0 Å². The molecule has 106 valence electrons. The SMILES string of the molecule is CNc1ncc(C)c(NCCN(C)C2CCCC2)n1. The Morgan fingerprint density at radius 2 is 2.11 bits per heavy atom. The largest absolute Gasteiger partial charge is 0.368 e. The van der Waals surface area contributed by atoms with E-state index in [1.54, 1.807) is 0 Å². The van der Waals surface area contributed by atoms with Gasteiger partial charge >= 0.3 is 0 Å². The lowest BCUT2D eigenvalue weighted by Gasteiger charge is -2.24. The number of aryl methyl sites for hydroxylation is 1. The summed E-state index contributed by atoms with van der Waals surface area (Å²) in [6.45, 7) is 4.01. The molecule has 1 aromatic heterocycles. The predicted molar refractivity (Wildman–Crippen MR) is 79.7 cm³/mol. The Hall–Kier alpha value is -1.36. The van der Waals surface area contributed by atoms with Crippen molar-refractivity contribution in [3.63, 3.8) is 0 Å². The first-order chi connectivity index (χ1) is 9.20. The second-order valence-electron chi connectivity index (χ2n) is 5.32. The second-order valence-corrected chi connectivity index (χ2v) is 5.32. The van der Waals surface area contributed by atoms with Crippen LogP contribution >= 0.6 is 0 Å². The predicted octanol–water partition coefficient (Wildman–Crippen LogP) is 2.11. The van der Waals surface area contributed by atoms with Crippen LogP contribution in [-0.4, -0.2) is 48.1 Å². The van der Waals surface area contributed by atoms with Crippen molar-refractivity contribution in [2.75, 3.05) is 37.8 Å². The molecule has 19 heavy (non-hydrogen) atoms. The molecular formula is C14H25N5. The monoisotopic (exact) mass is 263 g/mol. The summed E-state index contributed by atoms with van der Waals surface area (Å²) in [6, 6.07) is 0.779. The molecule has 2 N–H and O–H groups in total. The van der Waals surface area contributed by atoms with Gasteiger partial charge in [0.1, 0.15) is 5.82 Å². The first-order valence-electron chi connectivity index (χ1n) is 7.16. The van der Waals surface area contributed by atoms with E-state index in [1.807, 2.05) is 20.2 Å². The molecular weight excluding hydrogens is 238 g/mol. The van der Waals surface area contributed by atoms with Crippen molar-refractivity contribution >= 4 is 11.8 Å². The highest BCUT2D eigenvalue weighted by Gasteiger charge is 2.18. The number of hydrogen-bond acceptors (Lipinski definition) is 5. The molecule has 1 aromatic rings. The summed E-state index contributed by atoms with van der Waals surface area (Å²) in [5.41, 5.74) is 1.09. The average Bonchev–Trinajstić information content (AvgIpc) is 2.95. The van der Waals surface area contributed by atoms with Gasteiger partial charge in [0, 0.05) is 37.9 Å². The van der Waals surface area contributed by atoms with Crippen molar-refractivity contribution < 1.29 is 0 Å². The zero-order valence-electron chi connectivity index (χ0n) is 12.2. The van der Waals surface area contributed by atoms with Gasteiger partial charge in [0.2, 0.25) is 5.95 Å². The molecule has 0 radical (unpaired) electrons. The van der Waals surface area contributed by atoms with Crippen LogP contribution < -0.4 is 10.6 Å². The molecule has 1 heterocycles. The van der Waals surface area contributed by atoms with E-state index < -0.39 is 0 Å². The number of nitrogens with one attached hydrogen (secondary N) is 2. The minimum Gasteiger partial charge on any atom is -0.368 e. The van der Waals surface area contributed by atoms with Crippen LogP contribution in [0.25, 0.3) is 0 Å². The summed E-state index contributed by atoms with van der Waals surface area (Å²) in [6.07, 6.45) is 7.33. The van der Waals surface area contributed by atoms with Gasteiger partial charge in [-0.25, -0.2) is 4.98 Å². The van der Waals surface area contributed by atoms with Crippen LogP contribution in [0, 0.1) is 6.92 Å². The molecule has 1 aliphatic rings. The minimum atomic E-state index is 0.664. The smallest absolute Gasteiger partial charge is 0.224 e. The molecule has 0 aromatic carbocycles. The molecule has 5 heteroatoms. The quantitative estimate of drug-likeness (QED) is 0.823. The fourth-order valence-corrected chi connectivity index (χ4v) is 2.62. The summed E-state index contributed by atoms with van der Waals surface area (Å²) in [5, 5.41) is 6.38. The standard InChI is InChI=1S/C14H25N5/c1-11-10-17-14(15-2)18-13(11)16-8-9-19(3)12-6-4-5-7-12/h10,12H,4-9H2,1-3H3,(H2,15,16,17,18). The van der Waals surface area contributed by atoms with E-state index in [4.69, 9.17) is 0 Å². The summed E-state index contributed by atoms with van der Waals surface area (Å²) < 4.78 is 0. The maximum absolute atomic E-state index is 4.43. The summed E-state index contributed by atoms with van der Waals surface area (Å²) in [4.78, 5) is 11.1. The van der Waals surface area contributed by atoms with Crippen molar-refractivity contribution in [1.29, 1.82) is 0 Å². The van der Waals surface area contributed by atoms with Gasteiger partial charge in [-0.05, 0) is 26.8 Å². The zero-order chi connectivity index (χ0) is 13.7. The van der Waals surface area contributed by atoms with Gasteiger partial charge in [0.05, 0.1) is 0 Å². The molecule has 0 aliphatic heterocycles. The highest BCUT2D eigenvalue weighted by molar-refractivity contribution is 5.46. The van der Waals surface area contributed by atoms with Gasteiger partial charge in [0.15, 0.2) is 0 Å². The number of likely N-dealkylation sites (N-methyl/N-ethyl adjacent to an activating group) is 1. The molecule has 1 aliphatic carbocycles. The number of nitrogens with zero attached hydrogens (tertiary/aromatic N) is 3. The van der Waals surface area contributed by atoms with Gasteiger partial charge in [-0.3, -0.25) is 0 Å². The zero-order valence-corrected chi connectivity index (χ0v) is 12.2. The number of aromatic nitrogens is 2. The van der Waals surface area contributed by atoms with Crippen LogP contribution in [0.15, 0.2) is 6.20 Å². The molecule has 2 rings (SSSR count). The fourth-order valence-electron chi connectivity index (χ4n) is 2.62. The van der Waals surface area contributed by atoms with Crippen LogP contribution in [0.1, 0.15) is 31.2 Å². The Morgan fingerprint density at radius 1 is 1.37 bits per heavy atom. The van der Waals surface area contributed by atoms with Gasteiger partial charge in [-0.2, -0.15) is 4.98 Å². The molecule has 1 saturated carbocycles. The third kappa shape index (κ3) is 3.80. The fraction of sp³-hybridized carbons (Fsp3) is 0.714. The summed E-state index contributed by atoms with van der Waals surface area (Å²) >= 11 is 0. The molecule has 1 fully saturated rings. The minimum absolute atomic E-state index is 0.664. The maximum atomic E-state index is 4.43. The van der Waals surface area contributed by atoms with E-state index in [0.717, 1.165) is 30.5 Å². The Morgan fingerprint density at radius 3 is 2.79 bits per heavy atom. The molecule has 0 amide bonds. The normalized spacial score (nSPS) is 16.0. The lowest BCUT2D eigenvalue weighted by molar-refractivity contribution is 0.254. The lowest BCUT2D eigenvalue weighted by Crippen LogP contribution is -2.33. The molecule has 0 atom stereocenters. The van der Waals surface area contributed by atoms with E-state index in [2.05, 4.69) is 32.5 Å². The molecule has 0 spiro atoms. The third-order valence-corrected chi connectivity index (χ3v) is 3.90. The Bertz CT molecular complexity index is 401. The third-order valence-electron chi connectivity index (χ3n) is 3.90. The van der Waals surface area contributed by atoms with Gasteiger partial charge in [-0.1, -0.05) is 12.8 Å². The van der Waals surface area contributed by atoms with Crippen molar-refractivity contribution in [2.45, 2.75) is 38.6 Å². The Kier molecular flexibility index (Phi) is 4.96. The van der Waals surface area contributed by atoms with Crippen LogP contribution in [0.3, 0.4) is 0 Å². The number of anilines is 2. The number of rotatable bonds is 6. The van der Waals surface area contributed by atoms with Crippen LogP contribution in [0.2, 0.25) is 0 Å². The topological polar surface area (TPSA) is 53.1 Å². The van der Waals surface area contributed by atoms with E-state index in [-0.39, 0.29) is 0 Å². The molecule has 0 saturated heterocycles. The summed E-state index contributed by atoms with van der Waals surface area (Å²) in [7, 11) is 4.06. The van der Waals surface area contributed by atoms with Crippen LogP contribution in [0.5, 0.6) is 0 Å². The highest BCUT2D eigenvalue weighted by atomic mass is 15.2. The van der Waals surface area contributed by atoms with Crippen molar-refractivity contribution in [3.8, 4) is 0 Å². The second kappa shape index (κ2) is 6.70. The highest BCUT2D eigenvalue weighted by Crippen LogP contribution is 2.22. The average molecular weight is 263 g/mol. The van der Waals surface area contributed by atoms with Crippen LogP contribution in [0.4, 0.5) is 11.8 Å². The van der Waals surface area contributed by atoms with Gasteiger partial charge in [0.25, 0.3) is 0 Å². The van der Waals surface area contributed by atoms with Crippen LogP contribution in [-0.2, 0) is 0 Å². The molecule has 0 bridgehead atoms. The molecule has 5 nitrogen and oxygen atoms in total. The Balaban J connectivity index is 1.81. The van der Waals surface area contributed by atoms with E-state index in [1.165, 1.54) is 25.7 Å². The van der Waals surface area contributed by atoms with E-state index in [9.17, 15) is 0 Å². The van der Waals surface area contributed by atoms with E-state index in [0.29, 0.717) is 5.95 Å². The first-order valence-corrected chi connectivity index (χ1v) is 7.16. The first kappa shape index (κ1) is 14.1. The molecule has 0 unspecified atom stereocenters. The lowest BCUT2D eigenvalue weighted by atomic mass is 10.2. The van der Waals surface area contributed by atoms with E-state index >= 15 is 0 Å². The van der Waals surface area contributed by atoms with Gasteiger partial charge < -0.3 is 15.5 Å². The maximum Gasteiger partial charge on any atom is 0.224 e. The summed E-state index contributed by atoms with van der Waals surface area (Å²) in [5.74, 6) is 1.59. The number of hydrogen-bond donors (Lipinski definition) is 2. The van der Waals surface area contributed by atoms with Crippen molar-refractivity contribution in [3.05, 3.63) is 11.8 Å².